The van der Waals surface area contributed by atoms with Gasteiger partial charge < -0.3 is 20.7 Å². The highest BCUT2D eigenvalue weighted by Gasteiger charge is 2.25. The minimum atomic E-state index is -0.320. The summed E-state index contributed by atoms with van der Waals surface area (Å²) in [4.78, 5) is 21.8. The second kappa shape index (κ2) is 8.39. The molecule has 4 N–H and O–H groups in total. The molecule has 0 saturated carbocycles. The maximum Gasteiger partial charge on any atom is 0.298 e. The summed E-state index contributed by atoms with van der Waals surface area (Å²) in [6.07, 6.45) is 8.28. The molecule has 1 fully saturated rings. The normalized spacial score (nSPS) is 16.1. The molecule has 1 aromatic heterocycles. The summed E-state index contributed by atoms with van der Waals surface area (Å²) in [7, 11) is 1.59. The fourth-order valence-corrected chi connectivity index (χ4v) is 3.22. The summed E-state index contributed by atoms with van der Waals surface area (Å²) in [6, 6.07) is 7.09. The molecular weight excluding hydrogens is 356 g/mol. The Balaban J connectivity index is 1.84. The zero-order chi connectivity index (χ0) is 20.1. The van der Waals surface area contributed by atoms with E-state index in [1.54, 1.807) is 36.3 Å². The number of nitrogens with one attached hydrogen (secondary N) is 2. The molecule has 1 aliphatic heterocycles. The van der Waals surface area contributed by atoms with E-state index in [1.807, 2.05) is 0 Å². The van der Waals surface area contributed by atoms with Crippen LogP contribution in [0.2, 0.25) is 0 Å². The van der Waals surface area contributed by atoms with Gasteiger partial charge in [-0.2, -0.15) is 0 Å². The van der Waals surface area contributed by atoms with E-state index in [-0.39, 0.29) is 23.5 Å². The molecule has 0 spiro atoms. The first-order chi connectivity index (χ1) is 13.5. The number of carbonyl (C=O) groups is 1. The first-order valence-corrected chi connectivity index (χ1v) is 8.89. The van der Waals surface area contributed by atoms with E-state index in [2.05, 4.69) is 21.2 Å². The summed E-state index contributed by atoms with van der Waals surface area (Å²) in [5.74, 6) is 3.22. The Morgan fingerprint density at radius 1 is 1.39 bits per heavy atom. The van der Waals surface area contributed by atoms with Gasteiger partial charge in [0.05, 0.1) is 18.4 Å². The van der Waals surface area contributed by atoms with Crippen molar-refractivity contribution >= 4 is 23.3 Å². The summed E-state index contributed by atoms with van der Waals surface area (Å²) in [5, 5.41) is 11.9. The molecule has 1 unspecified atom stereocenters. The van der Waals surface area contributed by atoms with Crippen LogP contribution in [0.5, 0.6) is 5.75 Å². The van der Waals surface area contributed by atoms with E-state index in [1.165, 1.54) is 6.33 Å². The summed E-state index contributed by atoms with van der Waals surface area (Å²) < 4.78 is 5.16. The number of carbonyl (C=O) groups excluding carboxylic acids is 1. The molecule has 1 atom stereocenters. The average molecular weight is 378 g/mol. The number of amides is 1. The van der Waals surface area contributed by atoms with Crippen molar-refractivity contribution in [3.8, 4) is 18.1 Å². The van der Waals surface area contributed by atoms with Crippen molar-refractivity contribution in [1.29, 1.82) is 5.41 Å². The summed E-state index contributed by atoms with van der Waals surface area (Å²) >= 11 is 0. The highest BCUT2D eigenvalue weighted by atomic mass is 16.5. The maximum absolute atomic E-state index is 11.8. The molecule has 28 heavy (non-hydrogen) atoms. The molecule has 0 aliphatic carbocycles. The SMILES string of the molecule is C#CC(=O)N1CCCC(Nc2ncnc(N)c2C(=N)c2ccc(OC)cc2)C1. The van der Waals surface area contributed by atoms with Crippen molar-refractivity contribution in [3.63, 3.8) is 0 Å². The number of hydrogen-bond acceptors (Lipinski definition) is 7. The lowest BCUT2D eigenvalue weighted by atomic mass is 10.0. The average Bonchev–Trinajstić information content (AvgIpc) is 2.73. The van der Waals surface area contributed by atoms with Crippen LogP contribution in [0.4, 0.5) is 11.6 Å². The molecule has 3 rings (SSSR count). The third-order valence-corrected chi connectivity index (χ3v) is 4.68. The van der Waals surface area contributed by atoms with Crippen molar-refractivity contribution < 1.29 is 9.53 Å². The van der Waals surface area contributed by atoms with E-state index in [4.69, 9.17) is 22.3 Å². The monoisotopic (exact) mass is 378 g/mol. The van der Waals surface area contributed by atoms with Crippen molar-refractivity contribution in [3.05, 3.63) is 41.7 Å². The van der Waals surface area contributed by atoms with Gasteiger partial charge >= 0.3 is 0 Å². The molecule has 1 saturated heterocycles. The number of aromatic nitrogens is 2. The van der Waals surface area contributed by atoms with Crippen molar-refractivity contribution in [1.82, 2.24) is 14.9 Å². The van der Waals surface area contributed by atoms with Gasteiger partial charge in [0, 0.05) is 24.7 Å². The lowest BCUT2D eigenvalue weighted by molar-refractivity contribution is -0.126. The second-order valence-corrected chi connectivity index (χ2v) is 6.47. The highest BCUT2D eigenvalue weighted by molar-refractivity contribution is 6.16. The Hall–Kier alpha value is -3.60. The zero-order valence-electron chi connectivity index (χ0n) is 15.6. The summed E-state index contributed by atoms with van der Waals surface area (Å²) in [6.45, 7) is 1.11. The molecule has 1 aliphatic rings. The predicted molar refractivity (Wildman–Crippen MR) is 107 cm³/mol. The number of terminal acetylenes is 1. The Morgan fingerprint density at radius 3 is 2.82 bits per heavy atom. The number of nitrogen functional groups attached to an aromatic ring is 1. The van der Waals surface area contributed by atoms with Crippen LogP contribution >= 0.6 is 0 Å². The van der Waals surface area contributed by atoms with Gasteiger partial charge in [-0.1, -0.05) is 0 Å². The zero-order valence-corrected chi connectivity index (χ0v) is 15.6. The van der Waals surface area contributed by atoms with Crippen LogP contribution in [0.1, 0.15) is 24.0 Å². The number of benzene rings is 1. The van der Waals surface area contributed by atoms with Crippen LogP contribution in [0.15, 0.2) is 30.6 Å². The molecule has 144 valence electrons. The van der Waals surface area contributed by atoms with Crippen LogP contribution in [0.25, 0.3) is 0 Å². The standard InChI is InChI=1S/C20H22N6O2/c1-3-16(27)26-10-4-5-14(11-26)25-20-17(19(22)23-12-24-20)18(21)13-6-8-15(28-2)9-7-13/h1,6-9,12,14,21H,4-5,10-11H2,2H3,(H3,22,23,24,25). The third-order valence-electron chi connectivity index (χ3n) is 4.68. The smallest absolute Gasteiger partial charge is 0.298 e. The Labute approximate surface area is 163 Å². The van der Waals surface area contributed by atoms with Crippen molar-refractivity contribution in [2.45, 2.75) is 18.9 Å². The quantitative estimate of drug-likeness (QED) is 0.536. The van der Waals surface area contributed by atoms with E-state index < -0.39 is 0 Å². The highest BCUT2D eigenvalue weighted by Crippen LogP contribution is 2.25. The van der Waals surface area contributed by atoms with Crippen LogP contribution in [-0.4, -0.2) is 52.7 Å². The van der Waals surface area contributed by atoms with Crippen molar-refractivity contribution in [2.24, 2.45) is 0 Å². The molecular formula is C20H22N6O2. The minimum absolute atomic E-state index is 0.0391. The Bertz CT molecular complexity index is 919. The van der Waals surface area contributed by atoms with Crippen LogP contribution < -0.4 is 15.8 Å². The van der Waals surface area contributed by atoms with Crippen molar-refractivity contribution in [2.75, 3.05) is 31.2 Å². The molecule has 8 nitrogen and oxygen atoms in total. The minimum Gasteiger partial charge on any atom is -0.497 e. The Kier molecular flexibility index (Phi) is 5.75. The fraction of sp³-hybridized carbons (Fsp3) is 0.300. The third kappa shape index (κ3) is 4.04. The van der Waals surface area contributed by atoms with Gasteiger partial charge in [0.25, 0.3) is 5.91 Å². The van der Waals surface area contributed by atoms with E-state index in [9.17, 15) is 4.79 Å². The van der Waals surface area contributed by atoms with Gasteiger partial charge in [-0.05, 0) is 43.0 Å². The van der Waals surface area contributed by atoms with E-state index in [0.717, 1.165) is 12.8 Å². The molecule has 0 radical (unpaired) electrons. The number of anilines is 2. The largest absolute Gasteiger partial charge is 0.497 e. The Morgan fingerprint density at radius 2 is 2.14 bits per heavy atom. The number of nitrogens with zero attached hydrogens (tertiary/aromatic N) is 3. The van der Waals surface area contributed by atoms with Gasteiger partial charge in [-0.15, -0.1) is 6.42 Å². The first kappa shape index (κ1) is 19.2. The molecule has 2 aromatic rings. The number of piperidine rings is 1. The first-order valence-electron chi connectivity index (χ1n) is 8.89. The van der Waals surface area contributed by atoms with Gasteiger partial charge in [0.15, 0.2) is 0 Å². The number of nitrogens with two attached hydrogens (primary N) is 1. The van der Waals surface area contributed by atoms with Crippen LogP contribution in [0, 0.1) is 17.8 Å². The van der Waals surface area contributed by atoms with Crippen LogP contribution in [0.3, 0.4) is 0 Å². The molecule has 0 bridgehead atoms. The lowest BCUT2D eigenvalue weighted by Crippen LogP contribution is -2.45. The van der Waals surface area contributed by atoms with E-state index in [0.29, 0.717) is 35.8 Å². The molecule has 2 heterocycles. The number of likely N-dealkylation sites (tertiary alicyclic amines) is 1. The van der Waals surface area contributed by atoms with E-state index >= 15 is 0 Å². The second-order valence-electron chi connectivity index (χ2n) is 6.47. The van der Waals surface area contributed by atoms with Gasteiger partial charge in [0.2, 0.25) is 0 Å². The number of ether oxygens (including phenoxy) is 1. The maximum atomic E-state index is 11.8. The van der Waals surface area contributed by atoms with Gasteiger partial charge in [-0.25, -0.2) is 9.97 Å². The topological polar surface area (TPSA) is 117 Å². The fourth-order valence-electron chi connectivity index (χ4n) is 3.22. The number of rotatable bonds is 5. The number of hydrogen-bond donors (Lipinski definition) is 3. The van der Waals surface area contributed by atoms with Crippen LogP contribution in [-0.2, 0) is 4.79 Å². The van der Waals surface area contributed by atoms with Gasteiger partial charge in [-0.3, -0.25) is 10.2 Å². The van der Waals surface area contributed by atoms with Gasteiger partial charge in [0.1, 0.15) is 23.7 Å². The summed E-state index contributed by atoms with van der Waals surface area (Å²) in [5.41, 5.74) is 7.36. The molecule has 8 heteroatoms. The lowest BCUT2D eigenvalue weighted by Gasteiger charge is -2.32. The molecule has 1 aromatic carbocycles. The number of methoxy groups -OCH3 is 1. The molecule has 1 amide bonds. The predicted octanol–water partition coefficient (Wildman–Crippen LogP) is 1.52.